The van der Waals surface area contributed by atoms with Crippen LogP contribution in [0.4, 0.5) is 0 Å². The van der Waals surface area contributed by atoms with Gasteiger partial charge in [-0.3, -0.25) is 0 Å². The van der Waals surface area contributed by atoms with Crippen molar-refractivity contribution in [2.45, 2.75) is 25.0 Å². The lowest BCUT2D eigenvalue weighted by atomic mass is 9.88. The highest BCUT2D eigenvalue weighted by Gasteiger charge is 2.71. The van der Waals surface area contributed by atoms with E-state index in [1.807, 2.05) is 0 Å². The Labute approximate surface area is 92.6 Å². The molecule has 1 saturated heterocycles. The van der Waals surface area contributed by atoms with Gasteiger partial charge in [0.25, 0.3) is 0 Å². The number of ether oxygens (including phenoxy) is 1. The molecule has 0 bridgehead atoms. The molecule has 0 amide bonds. The molecule has 1 unspecified atom stereocenters. The molecular formula is C11H11ClO3. The minimum atomic E-state index is -1.29. The standard InChI is InChI=1S/C11H11ClO3/c1-10(2)11(15-10,9(13)14)7-5-3-4-6-8(7)12/h3-6H,1-2H3,(H,13,14). The molecule has 3 nitrogen and oxygen atoms in total. The van der Waals surface area contributed by atoms with Crippen LogP contribution in [0.15, 0.2) is 24.3 Å². The van der Waals surface area contributed by atoms with Gasteiger partial charge in [-0.25, -0.2) is 4.79 Å². The second kappa shape index (κ2) is 2.97. The van der Waals surface area contributed by atoms with Gasteiger partial charge in [-0.2, -0.15) is 0 Å². The first-order valence-corrected chi connectivity index (χ1v) is 4.98. The number of hydrogen-bond donors (Lipinski definition) is 1. The number of benzene rings is 1. The van der Waals surface area contributed by atoms with Gasteiger partial charge in [0, 0.05) is 10.6 Å². The fourth-order valence-electron chi connectivity index (χ4n) is 1.90. The highest BCUT2D eigenvalue weighted by Crippen LogP contribution is 2.56. The van der Waals surface area contributed by atoms with Gasteiger partial charge in [0.1, 0.15) is 5.60 Å². The Bertz CT molecular complexity index is 428. The van der Waals surface area contributed by atoms with Crippen molar-refractivity contribution in [3.05, 3.63) is 34.9 Å². The normalized spacial score (nSPS) is 27.4. The summed E-state index contributed by atoms with van der Waals surface area (Å²) in [5.74, 6) is -0.999. The van der Waals surface area contributed by atoms with Crippen molar-refractivity contribution in [2.75, 3.05) is 0 Å². The summed E-state index contributed by atoms with van der Waals surface area (Å²) in [6.45, 7) is 3.48. The summed E-state index contributed by atoms with van der Waals surface area (Å²) in [5, 5.41) is 9.66. The van der Waals surface area contributed by atoms with Gasteiger partial charge in [0.15, 0.2) is 0 Å². The van der Waals surface area contributed by atoms with Crippen LogP contribution in [0.3, 0.4) is 0 Å². The number of epoxide rings is 1. The fourth-order valence-corrected chi connectivity index (χ4v) is 2.17. The molecule has 1 aliphatic rings. The van der Waals surface area contributed by atoms with Crippen molar-refractivity contribution in [3.8, 4) is 0 Å². The number of hydrogen-bond acceptors (Lipinski definition) is 2. The molecule has 4 heteroatoms. The van der Waals surface area contributed by atoms with Crippen LogP contribution in [-0.4, -0.2) is 16.7 Å². The van der Waals surface area contributed by atoms with Gasteiger partial charge in [-0.05, 0) is 19.9 Å². The summed E-state index contributed by atoms with van der Waals surface area (Å²) in [7, 11) is 0. The average molecular weight is 227 g/mol. The number of halogens is 1. The van der Waals surface area contributed by atoms with Crippen LogP contribution in [0.1, 0.15) is 19.4 Å². The molecular weight excluding hydrogens is 216 g/mol. The molecule has 15 heavy (non-hydrogen) atoms. The molecule has 0 aromatic heterocycles. The first-order valence-electron chi connectivity index (χ1n) is 4.60. The molecule has 0 spiro atoms. The molecule has 1 aromatic carbocycles. The van der Waals surface area contributed by atoms with Gasteiger partial charge in [-0.15, -0.1) is 0 Å². The van der Waals surface area contributed by atoms with Crippen molar-refractivity contribution in [2.24, 2.45) is 0 Å². The molecule has 0 radical (unpaired) electrons. The van der Waals surface area contributed by atoms with Crippen LogP contribution in [0, 0.1) is 0 Å². The van der Waals surface area contributed by atoms with E-state index in [1.165, 1.54) is 0 Å². The number of carbonyl (C=O) groups is 1. The SMILES string of the molecule is CC1(C)OC1(C(=O)O)c1ccccc1Cl. The minimum absolute atomic E-state index is 0.422. The molecule has 1 heterocycles. The van der Waals surface area contributed by atoms with E-state index >= 15 is 0 Å². The van der Waals surface area contributed by atoms with Gasteiger partial charge in [0.05, 0.1) is 0 Å². The van der Waals surface area contributed by atoms with Crippen molar-refractivity contribution in [1.82, 2.24) is 0 Å². The van der Waals surface area contributed by atoms with Crippen molar-refractivity contribution >= 4 is 17.6 Å². The summed E-state index contributed by atoms with van der Waals surface area (Å²) in [4.78, 5) is 11.3. The lowest BCUT2D eigenvalue weighted by molar-refractivity contribution is -0.143. The predicted octanol–water partition coefficient (Wildman–Crippen LogP) is 2.43. The average Bonchev–Trinajstić information content (AvgIpc) is 2.71. The van der Waals surface area contributed by atoms with Gasteiger partial charge < -0.3 is 9.84 Å². The van der Waals surface area contributed by atoms with E-state index in [0.29, 0.717) is 10.6 Å². The molecule has 0 saturated carbocycles. The summed E-state index contributed by atoms with van der Waals surface area (Å²) in [5.41, 5.74) is -1.47. The Morgan fingerprint density at radius 2 is 1.93 bits per heavy atom. The molecule has 1 fully saturated rings. The van der Waals surface area contributed by atoms with Crippen molar-refractivity contribution in [1.29, 1.82) is 0 Å². The molecule has 1 aromatic rings. The van der Waals surface area contributed by atoms with Crippen LogP contribution in [-0.2, 0) is 15.1 Å². The summed E-state index contributed by atoms with van der Waals surface area (Å²) in [6.07, 6.45) is 0. The Balaban J connectivity index is 2.55. The van der Waals surface area contributed by atoms with Gasteiger partial charge in [0.2, 0.25) is 5.60 Å². The van der Waals surface area contributed by atoms with Crippen LogP contribution in [0.2, 0.25) is 5.02 Å². The third-order valence-corrected chi connectivity index (χ3v) is 3.10. The van der Waals surface area contributed by atoms with E-state index < -0.39 is 17.2 Å². The minimum Gasteiger partial charge on any atom is -0.479 e. The van der Waals surface area contributed by atoms with E-state index in [4.69, 9.17) is 16.3 Å². The zero-order chi connectivity index (χ0) is 11.3. The number of aliphatic carboxylic acids is 1. The highest BCUT2D eigenvalue weighted by atomic mass is 35.5. The first-order chi connectivity index (χ1) is 6.92. The number of rotatable bonds is 2. The second-order valence-electron chi connectivity index (χ2n) is 4.08. The predicted molar refractivity (Wildman–Crippen MR) is 55.9 cm³/mol. The van der Waals surface area contributed by atoms with Crippen molar-refractivity contribution in [3.63, 3.8) is 0 Å². The maximum absolute atomic E-state index is 11.3. The first kappa shape index (κ1) is 10.5. The van der Waals surface area contributed by atoms with Crippen LogP contribution in [0.25, 0.3) is 0 Å². The zero-order valence-corrected chi connectivity index (χ0v) is 9.21. The van der Waals surface area contributed by atoms with Gasteiger partial charge in [-0.1, -0.05) is 29.8 Å². The Hall–Kier alpha value is -1.06. The third kappa shape index (κ3) is 1.27. The van der Waals surface area contributed by atoms with Crippen LogP contribution < -0.4 is 0 Å². The molecule has 1 aliphatic heterocycles. The number of carboxylic acids is 1. The third-order valence-electron chi connectivity index (χ3n) is 2.77. The monoisotopic (exact) mass is 226 g/mol. The summed E-state index contributed by atoms with van der Waals surface area (Å²) in [6, 6.07) is 6.87. The van der Waals surface area contributed by atoms with E-state index in [-0.39, 0.29) is 0 Å². The summed E-state index contributed by atoms with van der Waals surface area (Å²) >= 11 is 5.98. The molecule has 80 valence electrons. The Morgan fingerprint density at radius 1 is 1.40 bits per heavy atom. The lowest BCUT2D eigenvalue weighted by Crippen LogP contribution is -2.28. The maximum atomic E-state index is 11.3. The molecule has 2 rings (SSSR count). The maximum Gasteiger partial charge on any atom is 0.343 e. The van der Waals surface area contributed by atoms with E-state index in [1.54, 1.807) is 38.1 Å². The zero-order valence-electron chi connectivity index (χ0n) is 8.45. The van der Waals surface area contributed by atoms with E-state index in [9.17, 15) is 9.90 Å². The fraction of sp³-hybridized carbons (Fsp3) is 0.364. The van der Waals surface area contributed by atoms with E-state index in [2.05, 4.69) is 0 Å². The molecule has 0 aliphatic carbocycles. The molecule has 1 atom stereocenters. The quantitative estimate of drug-likeness (QED) is 0.788. The van der Waals surface area contributed by atoms with E-state index in [0.717, 1.165) is 0 Å². The van der Waals surface area contributed by atoms with Crippen LogP contribution >= 0.6 is 11.6 Å². The Morgan fingerprint density at radius 3 is 2.33 bits per heavy atom. The Kier molecular flexibility index (Phi) is 2.07. The van der Waals surface area contributed by atoms with Crippen LogP contribution in [0.5, 0.6) is 0 Å². The highest BCUT2D eigenvalue weighted by molar-refractivity contribution is 6.31. The second-order valence-corrected chi connectivity index (χ2v) is 4.49. The smallest absolute Gasteiger partial charge is 0.343 e. The van der Waals surface area contributed by atoms with Gasteiger partial charge >= 0.3 is 5.97 Å². The lowest BCUT2D eigenvalue weighted by Gasteiger charge is -2.11. The molecule has 1 N–H and O–H groups in total. The topological polar surface area (TPSA) is 49.8 Å². The van der Waals surface area contributed by atoms with Crippen molar-refractivity contribution < 1.29 is 14.6 Å². The largest absolute Gasteiger partial charge is 0.479 e. The number of carboxylic acid groups (broad SMARTS) is 1. The summed E-state index contributed by atoms with van der Waals surface area (Å²) < 4.78 is 5.34.